The molecule has 6 nitrogen and oxygen atoms in total. The number of rotatable bonds is 10. The quantitative estimate of drug-likeness (QED) is 0.209. The van der Waals surface area contributed by atoms with Crippen LogP contribution in [0, 0.1) is 5.41 Å². The van der Waals surface area contributed by atoms with Crippen molar-refractivity contribution in [3.05, 3.63) is 77.3 Å². The lowest BCUT2D eigenvalue weighted by molar-refractivity contribution is 0.110. The third-order valence-electron chi connectivity index (χ3n) is 5.77. The number of fused-ring (bicyclic) bond motifs is 1. The van der Waals surface area contributed by atoms with E-state index < -0.39 is 6.23 Å². The number of aliphatic imine (C=N–C) groups is 2. The minimum absolute atomic E-state index is 0.345. The van der Waals surface area contributed by atoms with Gasteiger partial charge in [0.2, 0.25) is 0 Å². The zero-order valence-corrected chi connectivity index (χ0v) is 21.2. The molecular weight excluding hydrogens is 434 g/mol. The first-order chi connectivity index (χ1) is 17.1. The highest BCUT2D eigenvalue weighted by molar-refractivity contribution is 5.83. The van der Waals surface area contributed by atoms with Crippen LogP contribution in [0.3, 0.4) is 0 Å². The lowest BCUT2D eigenvalue weighted by Gasteiger charge is -2.26. The highest BCUT2D eigenvalue weighted by atomic mass is 16.3. The average molecular weight is 474 g/mol. The van der Waals surface area contributed by atoms with E-state index in [9.17, 15) is 5.11 Å². The summed E-state index contributed by atoms with van der Waals surface area (Å²) in [5, 5.41) is 22.3. The van der Waals surface area contributed by atoms with E-state index in [1.54, 1.807) is 6.21 Å². The van der Waals surface area contributed by atoms with Crippen LogP contribution >= 0.6 is 0 Å². The zero-order chi connectivity index (χ0) is 25.5. The van der Waals surface area contributed by atoms with E-state index in [0.717, 1.165) is 41.3 Å². The second kappa shape index (κ2) is 15.6. The van der Waals surface area contributed by atoms with Crippen LogP contribution in [0.25, 0.3) is 10.9 Å². The van der Waals surface area contributed by atoms with E-state index in [-0.39, 0.29) is 0 Å². The smallest absolute Gasteiger partial charge is 0.148 e. The van der Waals surface area contributed by atoms with Gasteiger partial charge in [0.05, 0.1) is 23.1 Å². The summed E-state index contributed by atoms with van der Waals surface area (Å²) >= 11 is 0. The van der Waals surface area contributed by atoms with Crippen LogP contribution in [0.5, 0.6) is 0 Å². The zero-order valence-electron chi connectivity index (χ0n) is 21.2. The van der Waals surface area contributed by atoms with E-state index in [1.165, 1.54) is 37.8 Å². The van der Waals surface area contributed by atoms with Crippen LogP contribution in [0.2, 0.25) is 0 Å². The number of para-hydroxylation sites is 1. The molecule has 1 atom stereocenters. The molecule has 3 N–H and O–H groups in total. The number of nitrogens with one attached hydrogen (secondary N) is 2. The summed E-state index contributed by atoms with van der Waals surface area (Å²) in [7, 11) is 0. The van der Waals surface area contributed by atoms with Gasteiger partial charge in [0.1, 0.15) is 6.23 Å². The second-order valence-electron chi connectivity index (χ2n) is 8.35. The molecule has 1 unspecified atom stereocenters. The fraction of sp³-hybridized carbons (Fsp3) is 0.379. The molecule has 186 valence electrons. The van der Waals surface area contributed by atoms with Gasteiger partial charge in [0.25, 0.3) is 0 Å². The lowest BCUT2D eigenvalue weighted by atomic mass is 9.95. The molecule has 0 amide bonds. The molecule has 0 bridgehead atoms. The molecule has 0 radical (unpaired) electrons. The Balaban J connectivity index is 0.00000210. The Labute approximate surface area is 209 Å². The van der Waals surface area contributed by atoms with E-state index in [2.05, 4.69) is 35.0 Å². The SMILES string of the molecule is C=NC(/C=N\C=C/C=N)=C\C=C(/C)Cc1cc(C(O)NC2CCCCC2)nc2ccccc12.CC. The molecule has 2 aromatic rings. The summed E-state index contributed by atoms with van der Waals surface area (Å²) in [4.78, 5) is 12.8. The molecule has 0 aliphatic heterocycles. The van der Waals surface area contributed by atoms with Crippen LogP contribution in [0.1, 0.15) is 70.4 Å². The standard InChI is InChI=1S/C27H33N5O.C2H6/c1-20(13-14-23(29-2)19-30-16-8-15-28)17-21-18-26(32-25-12-7-6-11-24(21)25)27(33)31-22-9-4-3-5-10-22;1-2/h6-8,11-16,18-19,22,27-28,31,33H,2-5,9-10,17H2,1H3;1-2H3/b16-8-,20-13+,23-14-,28-15?,30-19-;. The second-order valence-corrected chi connectivity index (χ2v) is 8.35. The summed E-state index contributed by atoms with van der Waals surface area (Å²) in [6, 6.07) is 10.4. The monoisotopic (exact) mass is 473 g/mol. The van der Waals surface area contributed by atoms with Crippen molar-refractivity contribution in [1.82, 2.24) is 10.3 Å². The molecule has 6 heteroatoms. The van der Waals surface area contributed by atoms with Crippen molar-refractivity contribution in [2.24, 2.45) is 9.98 Å². The molecule has 1 heterocycles. The maximum Gasteiger partial charge on any atom is 0.148 e. The van der Waals surface area contributed by atoms with Crippen LogP contribution < -0.4 is 5.32 Å². The Bertz CT molecular complexity index is 1080. The number of aliphatic hydroxyl groups is 1. The normalized spacial score (nSPS) is 16.3. The van der Waals surface area contributed by atoms with Crippen LogP contribution in [-0.4, -0.2) is 35.3 Å². The number of aliphatic hydroxyl groups excluding tert-OH is 1. The van der Waals surface area contributed by atoms with Crippen molar-refractivity contribution in [2.45, 2.75) is 71.6 Å². The molecule has 0 spiro atoms. The van der Waals surface area contributed by atoms with E-state index >= 15 is 0 Å². The van der Waals surface area contributed by atoms with Crippen molar-refractivity contribution in [3.63, 3.8) is 0 Å². The van der Waals surface area contributed by atoms with E-state index in [0.29, 0.717) is 17.4 Å². The van der Waals surface area contributed by atoms with Crippen molar-refractivity contribution < 1.29 is 5.11 Å². The van der Waals surface area contributed by atoms with Crippen molar-refractivity contribution in [3.8, 4) is 0 Å². The van der Waals surface area contributed by atoms with Gasteiger partial charge < -0.3 is 10.5 Å². The Hall–Kier alpha value is -3.22. The van der Waals surface area contributed by atoms with Crippen LogP contribution in [0.15, 0.2) is 76.0 Å². The Morgan fingerprint density at radius 2 is 1.97 bits per heavy atom. The van der Waals surface area contributed by atoms with Gasteiger partial charge in [0.15, 0.2) is 0 Å². The molecule has 1 saturated carbocycles. The summed E-state index contributed by atoms with van der Waals surface area (Å²) < 4.78 is 0. The topological polar surface area (TPSA) is 93.7 Å². The maximum absolute atomic E-state index is 10.9. The van der Waals surface area contributed by atoms with Crippen molar-refractivity contribution in [1.29, 1.82) is 5.41 Å². The third-order valence-corrected chi connectivity index (χ3v) is 5.77. The number of hydrogen-bond acceptors (Lipinski definition) is 6. The number of hydrogen-bond donors (Lipinski definition) is 3. The van der Waals surface area contributed by atoms with Crippen molar-refractivity contribution in [2.75, 3.05) is 0 Å². The number of allylic oxidation sites excluding steroid dienone is 5. The summed E-state index contributed by atoms with van der Waals surface area (Å²) in [6.45, 7) is 9.66. The van der Waals surface area contributed by atoms with Gasteiger partial charge in [-0.2, -0.15) is 0 Å². The van der Waals surface area contributed by atoms with Gasteiger partial charge in [-0.25, -0.2) is 4.98 Å². The Morgan fingerprint density at radius 3 is 2.69 bits per heavy atom. The molecule has 1 aliphatic carbocycles. The Morgan fingerprint density at radius 1 is 1.23 bits per heavy atom. The average Bonchev–Trinajstić information content (AvgIpc) is 2.90. The number of nitrogens with zero attached hydrogens (tertiary/aromatic N) is 3. The number of benzene rings is 1. The van der Waals surface area contributed by atoms with Gasteiger partial charge in [-0.1, -0.05) is 63.0 Å². The molecule has 1 aromatic heterocycles. The molecule has 0 saturated heterocycles. The predicted molar refractivity (Wildman–Crippen MR) is 150 cm³/mol. The summed E-state index contributed by atoms with van der Waals surface area (Å²) in [5.41, 5.74) is 4.44. The van der Waals surface area contributed by atoms with Crippen LogP contribution in [0.4, 0.5) is 0 Å². The highest BCUT2D eigenvalue weighted by Gasteiger charge is 2.19. The first-order valence-corrected chi connectivity index (χ1v) is 12.5. The fourth-order valence-corrected chi connectivity index (χ4v) is 4.07. The largest absolute Gasteiger partial charge is 0.373 e. The molecule has 1 aliphatic rings. The number of aromatic nitrogens is 1. The first kappa shape index (κ1) is 28.0. The fourth-order valence-electron chi connectivity index (χ4n) is 4.07. The molecule has 1 fully saturated rings. The summed E-state index contributed by atoms with van der Waals surface area (Å²) in [5.74, 6) is 0. The van der Waals surface area contributed by atoms with Gasteiger partial charge in [-0.15, -0.1) is 0 Å². The molecule has 3 rings (SSSR count). The Kier molecular flexibility index (Phi) is 12.5. The van der Waals surface area contributed by atoms with Gasteiger partial charge >= 0.3 is 0 Å². The molecular formula is C29H39N5O. The minimum Gasteiger partial charge on any atom is -0.373 e. The van der Waals surface area contributed by atoms with Gasteiger partial charge in [-0.05, 0) is 62.8 Å². The minimum atomic E-state index is -0.776. The summed E-state index contributed by atoms with van der Waals surface area (Å²) in [6.07, 6.45) is 15.6. The van der Waals surface area contributed by atoms with Crippen molar-refractivity contribution >= 4 is 30.0 Å². The molecule has 35 heavy (non-hydrogen) atoms. The first-order valence-electron chi connectivity index (χ1n) is 12.5. The lowest BCUT2D eigenvalue weighted by Crippen LogP contribution is -2.34. The van der Waals surface area contributed by atoms with Crippen LogP contribution in [-0.2, 0) is 6.42 Å². The van der Waals surface area contributed by atoms with Gasteiger partial charge in [-0.3, -0.25) is 15.3 Å². The molecule has 1 aromatic carbocycles. The third kappa shape index (κ3) is 9.15. The van der Waals surface area contributed by atoms with E-state index in [4.69, 9.17) is 10.4 Å². The van der Waals surface area contributed by atoms with E-state index in [1.807, 2.05) is 50.3 Å². The highest BCUT2D eigenvalue weighted by Crippen LogP contribution is 2.25. The van der Waals surface area contributed by atoms with Gasteiger partial charge in [0, 0.05) is 23.8 Å². The number of pyridine rings is 1. The predicted octanol–water partition coefficient (Wildman–Crippen LogP) is 6.48. The maximum atomic E-state index is 10.9.